The molecule has 0 fully saturated rings. The molecule has 1 aromatic rings. The number of esters is 1. The first-order valence-electron chi connectivity index (χ1n) is 9.90. The lowest BCUT2D eigenvalue weighted by Crippen LogP contribution is -2.24. The fourth-order valence-electron chi connectivity index (χ4n) is 2.53. The summed E-state index contributed by atoms with van der Waals surface area (Å²) < 4.78 is 19.8. The van der Waals surface area contributed by atoms with E-state index in [0.29, 0.717) is 11.3 Å². The number of carbonyl (C=O) groups excluding carboxylic acids is 2. The molecule has 0 heterocycles. The third-order valence-electron chi connectivity index (χ3n) is 4.42. The third-order valence-corrected chi connectivity index (χ3v) is 6.15. The van der Waals surface area contributed by atoms with E-state index in [1.807, 2.05) is 34.6 Å². The maximum absolute atomic E-state index is 14.3. The molecule has 3 atom stereocenters. The first kappa shape index (κ1) is 24.8. The van der Waals surface area contributed by atoms with Crippen molar-refractivity contribution in [3.05, 3.63) is 23.0 Å². The highest BCUT2D eigenvalue weighted by Crippen LogP contribution is 2.36. The van der Waals surface area contributed by atoms with Crippen molar-refractivity contribution in [1.82, 2.24) is 0 Å². The Bertz CT molecular complexity index is 671. The summed E-state index contributed by atoms with van der Waals surface area (Å²) in [4.78, 5) is 25.3. The van der Waals surface area contributed by atoms with Crippen molar-refractivity contribution in [2.24, 2.45) is 5.92 Å². The van der Waals surface area contributed by atoms with Crippen molar-refractivity contribution in [2.75, 3.05) is 5.32 Å². The second kappa shape index (κ2) is 12.3. The molecule has 0 aliphatic rings. The van der Waals surface area contributed by atoms with E-state index in [1.54, 1.807) is 0 Å². The molecular weight excluding hydrogens is 401 g/mol. The summed E-state index contributed by atoms with van der Waals surface area (Å²) in [6, 6.07) is 2.67. The van der Waals surface area contributed by atoms with Crippen LogP contribution in [-0.4, -0.2) is 23.2 Å². The van der Waals surface area contributed by atoms with Crippen molar-refractivity contribution in [3.8, 4) is 0 Å². The normalized spacial score (nSPS) is 14.2. The molecule has 0 aliphatic heterocycles. The first-order valence-corrected chi connectivity index (χ1v) is 11.2. The molecule has 0 aliphatic carbocycles. The second-order valence-corrected chi connectivity index (χ2v) is 8.64. The summed E-state index contributed by atoms with van der Waals surface area (Å²) in [5.74, 6) is -1.35. The van der Waals surface area contributed by atoms with E-state index in [2.05, 4.69) is 5.32 Å². The standard InChI is InChI=1S/C21H31ClFNO3S/c1-6-9-13(4)20(25)24-17-12-19(15(22)11-16(17)23)28-18(10-7-2)21(26)27-14(5)8-3/h11-14,18H,6-10H2,1-5H3,(H,24,25). The van der Waals surface area contributed by atoms with Crippen molar-refractivity contribution < 1.29 is 18.7 Å². The van der Waals surface area contributed by atoms with Crippen molar-refractivity contribution in [3.63, 3.8) is 0 Å². The van der Waals surface area contributed by atoms with Gasteiger partial charge in [-0.2, -0.15) is 0 Å². The van der Waals surface area contributed by atoms with Crippen LogP contribution in [0.15, 0.2) is 17.0 Å². The number of halogens is 2. The SMILES string of the molecule is CCCC(C)C(=O)Nc1cc(SC(CCC)C(=O)OC(C)CC)c(Cl)cc1F. The molecule has 0 aromatic heterocycles. The molecule has 3 unspecified atom stereocenters. The number of hydrogen-bond donors (Lipinski definition) is 1. The molecule has 0 bridgehead atoms. The molecule has 1 rings (SSSR count). The average molecular weight is 432 g/mol. The van der Waals surface area contributed by atoms with Crippen molar-refractivity contribution in [2.45, 2.75) is 83.0 Å². The zero-order valence-corrected chi connectivity index (χ0v) is 18.9. The lowest BCUT2D eigenvalue weighted by atomic mass is 10.1. The van der Waals surface area contributed by atoms with Gasteiger partial charge >= 0.3 is 5.97 Å². The number of anilines is 1. The van der Waals surface area contributed by atoms with E-state index in [9.17, 15) is 14.0 Å². The number of amides is 1. The van der Waals surface area contributed by atoms with Gasteiger partial charge in [0.05, 0.1) is 16.8 Å². The Morgan fingerprint density at radius 2 is 1.82 bits per heavy atom. The summed E-state index contributed by atoms with van der Waals surface area (Å²) in [5, 5.41) is 2.40. The topological polar surface area (TPSA) is 55.4 Å². The highest BCUT2D eigenvalue weighted by molar-refractivity contribution is 8.00. The highest BCUT2D eigenvalue weighted by Gasteiger charge is 2.24. The van der Waals surface area contributed by atoms with Gasteiger partial charge in [0.25, 0.3) is 0 Å². The number of nitrogens with one attached hydrogen (secondary N) is 1. The number of rotatable bonds is 11. The fourth-order valence-corrected chi connectivity index (χ4v) is 3.99. The number of ether oxygens (including phenoxy) is 1. The number of carbonyl (C=O) groups is 2. The van der Waals surface area contributed by atoms with E-state index in [4.69, 9.17) is 16.3 Å². The van der Waals surface area contributed by atoms with Crippen LogP contribution >= 0.6 is 23.4 Å². The minimum atomic E-state index is -0.597. The Morgan fingerprint density at radius 3 is 2.39 bits per heavy atom. The molecule has 1 N–H and O–H groups in total. The molecule has 4 nitrogen and oxygen atoms in total. The molecule has 0 saturated carbocycles. The van der Waals surface area contributed by atoms with Gasteiger partial charge in [0.2, 0.25) is 5.91 Å². The Labute approximate surface area is 176 Å². The monoisotopic (exact) mass is 431 g/mol. The van der Waals surface area contributed by atoms with E-state index in [-0.39, 0.29) is 34.6 Å². The molecule has 1 aromatic carbocycles. The largest absolute Gasteiger partial charge is 0.462 e. The van der Waals surface area contributed by atoms with Gasteiger partial charge in [-0.15, -0.1) is 11.8 Å². The van der Waals surface area contributed by atoms with Gasteiger partial charge in [-0.3, -0.25) is 9.59 Å². The molecule has 7 heteroatoms. The fraction of sp³-hybridized carbons (Fsp3) is 0.619. The highest BCUT2D eigenvalue weighted by atomic mass is 35.5. The zero-order valence-electron chi connectivity index (χ0n) is 17.3. The Hall–Kier alpha value is -1.27. The van der Waals surface area contributed by atoms with Crippen LogP contribution in [0.2, 0.25) is 5.02 Å². The minimum absolute atomic E-state index is 0.0744. The van der Waals surface area contributed by atoms with E-state index in [1.165, 1.54) is 23.9 Å². The number of benzene rings is 1. The predicted molar refractivity (Wildman–Crippen MR) is 115 cm³/mol. The Morgan fingerprint density at radius 1 is 1.18 bits per heavy atom. The summed E-state index contributed by atoms with van der Waals surface area (Å²) in [6.45, 7) is 9.59. The lowest BCUT2D eigenvalue weighted by molar-refractivity contribution is -0.147. The minimum Gasteiger partial charge on any atom is -0.462 e. The molecule has 158 valence electrons. The maximum Gasteiger partial charge on any atom is 0.319 e. The summed E-state index contributed by atoms with van der Waals surface area (Å²) in [5.41, 5.74) is 0.0744. The van der Waals surface area contributed by atoms with Gasteiger partial charge in [0.15, 0.2) is 0 Å². The van der Waals surface area contributed by atoms with Crippen LogP contribution < -0.4 is 5.32 Å². The van der Waals surface area contributed by atoms with Gasteiger partial charge in [0.1, 0.15) is 11.1 Å². The van der Waals surface area contributed by atoms with Gasteiger partial charge < -0.3 is 10.1 Å². The van der Waals surface area contributed by atoms with Gasteiger partial charge in [0, 0.05) is 10.8 Å². The quantitative estimate of drug-likeness (QED) is 0.323. The molecular formula is C21H31ClFNO3S. The molecule has 0 spiro atoms. The first-order chi connectivity index (χ1) is 13.2. The van der Waals surface area contributed by atoms with Gasteiger partial charge in [-0.1, -0.05) is 52.1 Å². The molecule has 1 amide bonds. The number of thioether (sulfide) groups is 1. The Kier molecular flexibility index (Phi) is 10.9. The van der Waals surface area contributed by atoms with Crippen LogP contribution in [-0.2, 0) is 14.3 Å². The van der Waals surface area contributed by atoms with E-state index in [0.717, 1.165) is 25.7 Å². The zero-order chi connectivity index (χ0) is 21.3. The third kappa shape index (κ3) is 7.63. The Balaban J connectivity index is 3.02. The summed E-state index contributed by atoms with van der Waals surface area (Å²) >= 11 is 7.45. The van der Waals surface area contributed by atoms with Crippen LogP contribution in [0.4, 0.5) is 10.1 Å². The molecule has 0 radical (unpaired) electrons. The average Bonchev–Trinajstić information content (AvgIpc) is 2.64. The van der Waals surface area contributed by atoms with Gasteiger partial charge in [-0.05, 0) is 38.3 Å². The van der Waals surface area contributed by atoms with Crippen LogP contribution in [0, 0.1) is 11.7 Å². The van der Waals surface area contributed by atoms with Crippen LogP contribution in [0.3, 0.4) is 0 Å². The van der Waals surface area contributed by atoms with Crippen LogP contribution in [0.5, 0.6) is 0 Å². The van der Waals surface area contributed by atoms with Crippen LogP contribution in [0.1, 0.15) is 66.7 Å². The lowest BCUT2D eigenvalue weighted by Gasteiger charge is -2.19. The van der Waals surface area contributed by atoms with E-state index < -0.39 is 11.1 Å². The number of hydrogen-bond acceptors (Lipinski definition) is 4. The molecule has 0 saturated heterocycles. The van der Waals surface area contributed by atoms with E-state index >= 15 is 0 Å². The summed E-state index contributed by atoms with van der Waals surface area (Å²) in [6.07, 6.45) is 3.58. The van der Waals surface area contributed by atoms with Crippen LogP contribution in [0.25, 0.3) is 0 Å². The molecule has 28 heavy (non-hydrogen) atoms. The predicted octanol–water partition coefficient (Wildman–Crippen LogP) is 6.46. The maximum atomic E-state index is 14.3. The van der Waals surface area contributed by atoms with Gasteiger partial charge in [-0.25, -0.2) is 4.39 Å². The smallest absolute Gasteiger partial charge is 0.319 e. The summed E-state index contributed by atoms with van der Waals surface area (Å²) in [7, 11) is 0. The van der Waals surface area contributed by atoms with Crippen molar-refractivity contribution >= 4 is 40.9 Å². The van der Waals surface area contributed by atoms with Crippen molar-refractivity contribution in [1.29, 1.82) is 0 Å². The second-order valence-electron chi connectivity index (χ2n) is 6.99.